The smallest absolute Gasteiger partial charge is 0.124 e. The maximum atomic E-state index is 4.78. The van der Waals surface area contributed by atoms with Crippen LogP contribution in [0.2, 0.25) is 0 Å². The van der Waals surface area contributed by atoms with Crippen molar-refractivity contribution in [3.05, 3.63) is 72.7 Å². The van der Waals surface area contributed by atoms with Gasteiger partial charge < -0.3 is 20.6 Å². The Morgan fingerprint density at radius 3 is 2.03 bits per heavy atom. The van der Waals surface area contributed by atoms with Crippen molar-refractivity contribution in [3.8, 4) is 33.8 Å². The van der Waals surface area contributed by atoms with Gasteiger partial charge in [0.1, 0.15) is 11.6 Å². The van der Waals surface area contributed by atoms with Crippen LogP contribution in [-0.4, -0.2) is 43.0 Å². The van der Waals surface area contributed by atoms with Crippen LogP contribution >= 0.6 is 0 Å². The summed E-state index contributed by atoms with van der Waals surface area (Å²) in [5, 5.41) is 6.99. The van der Waals surface area contributed by atoms with Crippen molar-refractivity contribution in [1.29, 1.82) is 0 Å². The van der Waals surface area contributed by atoms with Crippen molar-refractivity contribution in [2.75, 3.05) is 13.1 Å². The first-order valence-electron chi connectivity index (χ1n) is 12.7. The molecule has 5 aromatic rings. The van der Waals surface area contributed by atoms with E-state index in [1.54, 1.807) is 0 Å². The summed E-state index contributed by atoms with van der Waals surface area (Å²) in [4.78, 5) is 25.7. The highest BCUT2D eigenvalue weighted by molar-refractivity contribution is 5.81. The predicted molar refractivity (Wildman–Crippen MR) is 140 cm³/mol. The highest BCUT2D eigenvalue weighted by Gasteiger charge is 2.20. The van der Waals surface area contributed by atoms with Gasteiger partial charge in [-0.25, -0.2) is 9.97 Å². The minimum absolute atomic E-state index is 0.330. The Kier molecular flexibility index (Phi) is 5.33. The van der Waals surface area contributed by atoms with Gasteiger partial charge in [0.15, 0.2) is 0 Å². The Morgan fingerprint density at radius 1 is 0.639 bits per heavy atom. The van der Waals surface area contributed by atoms with Gasteiger partial charge >= 0.3 is 0 Å². The van der Waals surface area contributed by atoms with Crippen molar-refractivity contribution in [2.24, 2.45) is 0 Å². The lowest BCUT2D eigenvalue weighted by atomic mass is 10.1. The van der Waals surface area contributed by atoms with Crippen LogP contribution in [-0.2, 0) is 0 Å². The van der Waals surface area contributed by atoms with E-state index in [4.69, 9.17) is 15.0 Å². The first-order valence-corrected chi connectivity index (χ1v) is 12.7. The largest absolute Gasteiger partial charge is 0.341 e. The number of nitrogens with one attached hydrogen (secondary N) is 4. The number of fused-ring (bicyclic) bond motifs is 1. The van der Waals surface area contributed by atoms with Crippen molar-refractivity contribution < 1.29 is 0 Å². The molecule has 0 amide bonds. The van der Waals surface area contributed by atoms with Crippen LogP contribution < -0.4 is 10.6 Å². The summed E-state index contributed by atoms with van der Waals surface area (Å²) >= 11 is 0. The Labute approximate surface area is 209 Å². The molecule has 8 nitrogen and oxygen atoms in total. The van der Waals surface area contributed by atoms with Crippen LogP contribution in [0.1, 0.15) is 49.4 Å². The van der Waals surface area contributed by atoms with Gasteiger partial charge in [-0.15, -0.1) is 0 Å². The minimum atomic E-state index is 0.330. The zero-order chi connectivity index (χ0) is 23.9. The number of aromatic amines is 2. The summed E-state index contributed by atoms with van der Waals surface area (Å²) in [7, 11) is 0. The fourth-order valence-electron chi connectivity index (χ4n) is 5.29. The molecule has 2 saturated heterocycles. The van der Waals surface area contributed by atoms with E-state index < -0.39 is 0 Å². The quantitative estimate of drug-likeness (QED) is 0.287. The molecule has 4 aromatic heterocycles. The first kappa shape index (κ1) is 21.4. The Hall–Kier alpha value is -3.88. The maximum absolute atomic E-state index is 4.78. The van der Waals surface area contributed by atoms with Crippen LogP contribution in [0.3, 0.4) is 0 Å². The molecule has 2 atom stereocenters. The summed E-state index contributed by atoms with van der Waals surface area (Å²) in [6, 6.07) is 15.2. The van der Waals surface area contributed by atoms with E-state index in [1.165, 1.54) is 12.8 Å². The number of hydrogen-bond acceptors (Lipinski definition) is 6. The standard InChI is InChI=1S/C28H28N8/c1-3-23(29-11-1)27-33-16-26(36-27)19-7-9-21(32-15-19)18-6-8-20(31-14-18)17-5-10-22-25(13-17)35-28(34-22)24-4-2-12-30-24/h5-10,13-16,23-24,29-30H,1-4,11-12H2,(H,33,36)(H,34,35). The summed E-state index contributed by atoms with van der Waals surface area (Å²) in [6.45, 7) is 2.11. The molecule has 36 heavy (non-hydrogen) atoms. The molecular formula is C28H28N8. The van der Waals surface area contributed by atoms with E-state index in [2.05, 4.69) is 62.0 Å². The monoisotopic (exact) mass is 476 g/mol. The van der Waals surface area contributed by atoms with Crippen LogP contribution in [0.4, 0.5) is 0 Å². The van der Waals surface area contributed by atoms with Gasteiger partial charge in [0.05, 0.1) is 46.4 Å². The number of pyridine rings is 2. The summed E-state index contributed by atoms with van der Waals surface area (Å²) in [6.07, 6.45) is 10.3. The van der Waals surface area contributed by atoms with Gasteiger partial charge in [0.2, 0.25) is 0 Å². The molecule has 6 heterocycles. The lowest BCUT2D eigenvalue weighted by molar-refractivity contribution is 0.613. The number of aromatic nitrogens is 6. The van der Waals surface area contributed by atoms with Gasteiger partial charge in [-0.3, -0.25) is 9.97 Å². The van der Waals surface area contributed by atoms with E-state index in [-0.39, 0.29) is 0 Å². The molecule has 0 saturated carbocycles. The van der Waals surface area contributed by atoms with Crippen LogP contribution in [0.25, 0.3) is 44.8 Å². The fraction of sp³-hybridized carbons (Fsp3) is 0.286. The van der Waals surface area contributed by atoms with Gasteiger partial charge in [-0.1, -0.05) is 6.07 Å². The highest BCUT2D eigenvalue weighted by atomic mass is 15.0. The molecule has 2 fully saturated rings. The number of rotatable bonds is 5. The molecule has 2 unspecified atom stereocenters. The zero-order valence-electron chi connectivity index (χ0n) is 20.0. The van der Waals surface area contributed by atoms with E-state index in [0.717, 1.165) is 82.4 Å². The van der Waals surface area contributed by atoms with Crippen LogP contribution in [0.15, 0.2) is 61.1 Å². The van der Waals surface area contributed by atoms with Crippen molar-refractivity contribution in [3.63, 3.8) is 0 Å². The first-order chi connectivity index (χ1) is 17.8. The van der Waals surface area contributed by atoms with Crippen molar-refractivity contribution in [2.45, 2.75) is 37.8 Å². The normalized spacial score (nSPS) is 19.9. The van der Waals surface area contributed by atoms with Crippen LogP contribution in [0.5, 0.6) is 0 Å². The summed E-state index contributed by atoms with van der Waals surface area (Å²) < 4.78 is 0. The number of H-pyrrole nitrogens is 2. The average molecular weight is 477 g/mol. The minimum Gasteiger partial charge on any atom is -0.341 e. The van der Waals surface area contributed by atoms with E-state index in [9.17, 15) is 0 Å². The maximum Gasteiger partial charge on any atom is 0.124 e. The molecule has 1 aromatic carbocycles. The van der Waals surface area contributed by atoms with Crippen molar-refractivity contribution >= 4 is 11.0 Å². The molecule has 180 valence electrons. The molecule has 0 spiro atoms. The lowest BCUT2D eigenvalue weighted by Crippen LogP contribution is -2.14. The molecule has 4 N–H and O–H groups in total. The third kappa shape index (κ3) is 3.98. The highest BCUT2D eigenvalue weighted by Crippen LogP contribution is 2.28. The molecule has 0 radical (unpaired) electrons. The topological polar surface area (TPSA) is 107 Å². The van der Waals surface area contributed by atoms with E-state index >= 15 is 0 Å². The third-order valence-electron chi connectivity index (χ3n) is 7.31. The second-order valence-corrected chi connectivity index (χ2v) is 9.70. The Morgan fingerprint density at radius 2 is 1.33 bits per heavy atom. The predicted octanol–water partition coefficient (Wildman–Crippen LogP) is 4.93. The molecule has 2 aliphatic rings. The zero-order valence-corrected chi connectivity index (χ0v) is 20.0. The molecule has 8 heteroatoms. The third-order valence-corrected chi connectivity index (χ3v) is 7.31. The molecule has 0 bridgehead atoms. The number of hydrogen-bond donors (Lipinski definition) is 4. The van der Waals surface area contributed by atoms with Gasteiger partial charge in [-0.2, -0.15) is 0 Å². The summed E-state index contributed by atoms with van der Waals surface area (Å²) in [5.74, 6) is 2.03. The molecule has 2 aliphatic heterocycles. The average Bonchev–Trinajstić information content (AvgIpc) is 3.75. The fourth-order valence-corrected chi connectivity index (χ4v) is 5.29. The number of imidazole rings is 2. The number of benzene rings is 1. The van der Waals surface area contributed by atoms with Gasteiger partial charge in [0.25, 0.3) is 0 Å². The Balaban J connectivity index is 1.09. The molecular weight excluding hydrogens is 448 g/mol. The van der Waals surface area contributed by atoms with Crippen molar-refractivity contribution in [1.82, 2.24) is 40.5 Å². The Bertz CT molecular complexity index is 1490. The molecule has 7 rings (SSSR count). The second kappa shape index (κ2) is 8.96. The lowest BCUT2D eigenvalue weighted by Gasteiger charge is -2.06. The van der Waals surface area contributed by atoms with E-state index in [1.807, 2.05) is 24.7 Å². The van der Waals surface area contributed by atoms with Crippen LogP contribution in [0, 0.1) is 0 Å². The van der Waals surface area contributed by atoms with E-state index in [0.29, 0.717) is 12.1 Å². The summed E-state index contributed by atoms with van der Waals surface area (Å²) in [5.41, 5.74) is 7.94. The SMILES string of the molecule is c1cc(-c2ccc3nc(C4CCCN4)[nH]c3c2)ncc1-c1ccc(-c2cnc(C3CCCN3)[nH]2)cn1. The van der Waals surface area contributed by atoms with Gasteiger partial charge in [0, 0.05) is 29.1 Å². The molecule has 0 aliphatic carbocycles. The number of nitrogens with zero attached hydrogens (tertiary/aromatic N) is 4. The van der Waals surface area contributed by atoms with Gasteiger partial charge in [-0.05, 0) is 75.2 Å². The second-order valence-electron chi connectivity index (χ2n) is 9.70.